The van der Waals surface area contributed by atoms with Gasteiger partial charge in [0.05, 0.1) is 13.2 Å². The molecule has 456 valence electrons. The predicted octanol–water partition coefficient (Wildman–Crippen LogP) is 14.3. The van der Waals surface area contributed by atoms with Gasteiger partial charge in [-0.15, -0.1) is 0 Å². The number of aliphatic hydroxyl groups excluding tert-OH is 2. The number of hydrogen-bond donors (Lipinski definition) is 5. The van der Waals surface area contributed by atoms with Crippen LogP contribution in [0.3, 0.4) is 0 Å². The molecule has 0 saturated carbocycles. The molecule has 4 unspecified atom stereocenters. The molecule has 1 aromatic rings. The molecule has 0 radical (unpaired) electrons. The maximum atomic E-state index is 13.0. The molecule has 2 rings (SSSR count). The van der Waals surface area contributed by atoms with Gasteiger partial charge < -0.3 is 39.9 Å². The highest BCUT2D eigenvalue weighted by Gasteiger charge is 2.46. The smallest absolute Gasteiger partial charge is 0.462 e. The van der Waals surface area contributed by atoms with Crippen LogP contribution in [0, 0.1) is 11.8 Å². The lowest BCUT2D eigenvalue weighted by Crippen LogP contribution is -2.36. The van der Waals surface area contributed by atoms with E-state index in [4.69, 9.17) is 29.0 Å². The molecule has 78 heavy (non-hydrogen) atoms. The van der Waals surface area contributed by atoms with Crippen molar-refractivity contribution in [3.8, 4) is 0 Å². The van der Waals surface area contributed by atoms with Crippen molar-refractivity contribution in [2.45, 2.75) is 302 Å². The first-order chi connectivity index (χ1) is 37.4. The Kier molecular flexibility index (Phi) is 40.9. The zero-order chi connectivity index (χ0) is 57.3. The van der Waals surface area contributed by atoms with Crippen LogP contribution < -0.4 is 11.4 Å². The summed E-state index contributed by atoms with van der Waals surface area (Å²) in [5.41, 5.74) is 4.61. The predicted molar refractivity (Wildman–Crippen MR) is 307 cm³/mol. The van der Waals surface area contributed by atoms with E-state index in [-0.39, 0.29) is 18.7 Å². The second-order valence-electron chi connectivity index (χ2n) is 22.6. The van der Waals surface area contributed by atoms with Crippen molar-refractivity contribution in [3.05, 3.63) is 22.7 Å². The average Bonchev–Trinajstić information content (AvgIpc) is 3.67. The number of nitrogens with two attached hydrogens (primary N) is 1. The number of unbranched alkanes of at least 4 members (excludes halogenated alkanes) is 31. The van der Waals surface area contributed by atoms with Gasteiger partial charge in [0.25, 0.3) is 0 Å². The van der Waals surface area contributed by atoms with Crippen LogP contribution in [0.4, 0.5) is 5.82 Å². The maximum absolute atomic E-state index is 13.0. The summed E-state index contributed by atoms with van der Waals surface area (Å²) in [7, 11) is -10.8. The molecule has 0 spiro atoms. The molecule has 2 heterocycles. The van der Waals surface area contributed by atoms with Crippen molar-refractivity contribution >= 4 is 33.4 Å². The Morgan fingerprint density at radius 1 is 0.615 bits per heavy atom. The number of anilines is 1. The van der Waals surface area contributed by atoms with Crippen molar-refractivity contribution in [1.82, 2.24) is 9.55 Å². The highest BCUT2D eigenvalue weighted by Crippen LogP contribution is 2.60. The standard InChI is InChI=1S/C58H109N3O15P2/c1-5-49(4)40-36-32-28-24-20-16-12-8-6-7-9-13-18-22-26-30-34-38-42-54(63)74-50(45-71-53(62)41-37-33-29-25-21-17-14-10-11-15-19-23-27-31-35-39-48(2)3)46-72-77(67,68)76-78(69,70)73-47-51-55(64)56(65)57(75-51)61-44-43-52(59)60-58(61)66/h43-44,48-51,55-57,64-65H,5-42,45-47H2,1-4H3,(H,67,68)(H,69,70)(H2,59,60,66)/t49?,50-,51-,55+,56?,57-/m1/s1. The van der Waals surface area contributed by atoms with E-state index in [1.807, 2.05) is 0 Å². The highest BCUT2D eigenvalue weighted by molar-refractivity contribution is 7.61. The molecule has 0 aliphatic carbocycles. The van der Waals surface area contributed by atoms with Gasteiger partial charge in [-0.1, -0.05) is 246 Å². The first kappa shape index (κ1) is 71.9. The van der Waals surface area contributed by atoms with Crippen LogP contribution in [0.5, 0.6) is 0 Å². The number of aromatic nitrogens is 2. The molecule has 1 aliphatic heterocycles. The Bertz CT molecular complexity index is 1840. The normalized spacial score (nSPS) is 18.9. The van der Waals surface area contributed by atoms with E-state index in [9.17, 15) is 43.5 Å². The van der Waals surface area contributed by atoms with Gasteiger partial charge in [-0.05, 0) is 30.7 Å². The summed E-state index contributed by atoms with van der Waals surface area (Å²) in [6.45, 7) is 6.94. The zero-order valence-corrected chi connectivity index (χ0v) is 50.6. The van der Waals surface area contributed by atoms with Gasteiger partial charge in [-0.2, -0.15) is 9.29 Å². The van der Waals surface area contributed by atoms with E-state index < -0.39 is 83.7 Å². The van der Waals surface area contributed by atoms with Crippen LogP contribution in [-0.2, 0) is 46.3 Å². The topological polar surface area (TPSA) is 265 Å². The lowest BCUT2D eigenvalue weighted by atomic mass is 9.99. The quantitative estimate of drug-likeness (QED) is 0.0230. The van der Waals surface area contributed by atoms with Crippen molar-refractivity contribution in [3.63, 3.8) is 0 Å². The molecule has 1 aliphatic rings. The minimum Gasteiger partial charge on any atom is -0.462 e. The van der Waals surface area contributed by atoms with Crippen LogP contribution in [-0.4, -0.2) is 85.7 Å². The average molecular weight is 1150 g/mol. The SMILES string of the molecule is CCC(C)CCCCCCCCCCCCCCCCCCCCC(=O)O[C@H](COC(=O)CCCCCCCCCCCCCCCCCC(C)C)COP(=O)(O)OP(=O)(O)OC[C@H]1O[C@@H](n2ccc(N)nc2=O)C(O)[C@H]1O. The van der Waals surface area contributed by atoms with Crippen molar-refractivity contribution in [2.24, 2.45) is 11.8 Å². The van der Waals surface area contributed by atoms with Gasteiger partial charge in [-0.25, -0.2) is 13.9 Å². The van der Waals surface area contributed by atoms with Crippen molar-refractivity contribution in [1.29, 1.82) is 0 Å². The van der Waals surface area contributed by atoms with Crippen LogP contribution in [0.2, 0.25) is 0 Å². The summed E-state index contributed by atoms with van der Waals surface area (Å²) in [5.74, 6) is 0.408. The summed E-state index contributed by atoms with van der Waals surface area (Å²) in [6.07, 6.45) is 37.4. The Morgan fingerprint density at radius 3 is 1.46 bits per heavy atom. The van der Waals surface area contributed by atoms with E-state index in [1.54, 1.807) is 0 Å². The van der Waals surface area contributed by atoms with Gasteiger partial charge in [0.15, 0.2) is 12.3 Å². The van der Waals surface area contributed by atoms with Gasteiger partial charge in [0, 0.05) is 19.0 Å². The van der Waals surface area contributed by atoms with Crippen molar-refractivity contribution < 1.29 is 66.3 Å². The highest BCUT2D eigenvalue weighted by atomic mass is 31.3. The zero-order valence-electron chi connectivity index (χ0n) is 48.8. The number of rotatable bonds is 52. The molecule has 0 bridgehead atoms. The summed E-state index contributed by atoms with van der Waals surface area (Å²) >= 11 is 0. The Labute approximate surface area is 470 Å². The molecule has 1 saturated heterocycles. The number of nitrogen functional groups attached to an aromatic ring is 1. The number of phosphoric acid groups is 2. The molecule has 0 amide bonds. The van der Waals surface area contributed by atoms with E-state index >= 15 is 0 Å². The summed E-state index contributed by atoms with van der Waals surface area (Å²) in [6, 6.07) is 1.25. The monoisotopic (exact) mass is 1150 g/mol. The second kappa shape index (κ2) is 44.4. The van der Waals surface area contributed by atoms with E-state index in [2.05, 4.69) is 37.0 Å². The van der Waals surface area contributed by atoms with E-state index in [0.717, 1.165) is 61.3 Å². The fraction of sp³-hybridized carbons (Fsp3) is 0.897. The Balaban J connectivity index is 1.71. The first-order valence-corrected chi connectivity index (χ1v) is 33.8. The number of aliphatic hydroxyl groups is 2. The summed E-state index contributed by atoms with van der Waals surface area (Å²) in [4.78, 5) is 62.3. The number of carbonyl (C=O) groups excluding carboxylic acids is 2. The molecule has 1 aromatic heterocycles. The number of hydrogen-bond acceptors (Lipinski definition) is 15. The molecular weight excluding hydrogens is 1040 g/mol. The van der Waals surface area contributed by atoms with Gasteiger partial charge in [0.2, 0.25) is 0 Å². The third-order valence-electron chi connectivity index (χ3n) is 14.9. The lowest BCUT2D eigenvalue weighted by Gasteiger charge is -2.21. The third kappa shape index (κ3) is 37.0. The molecule has 0 aromatic carbocycles. The summed E-state index contributed by atoms with van der Waals surface area (Å²) in [5, 5.41) is 21.0. The fourth-order valence-corrected chi connectivity index (χ4v) is 11.9. The van der Waals surface area contributed by atoms with Crippen molar-refractivity contribution in [2.75, 3.05) is 25.6 Å². The fourth-order valence-electron chi connectivity index (χ4n) is 9.77. The minimum absolute atomic E-state index is 0.0582. The lowest BCUT2D eigenvalue weighted by molar-refractivity contribution is -0.161. The van der Waals surface area contributed by atoms with Crippen LogP contribution in [0.25, 0.3) is 0 Å². The maximum Gasteiger partial charge on any atom is 0.481 e. The number of esters is 2. The van der Waals surface area contributed by atoms with Gasteiger partial charge in [0.1, 0.15) is 30.7 Å². The summed E-state index contributed by atoms with van der Waals surface area (Å²) < 4.78 is 57.1. The largest absolute Gasteiger partial charge is 0.481 e. The Hall–Kier alpha value is -2.24. The Morgan fingerprint density at radius 2 is 1.03 bits per heavy atom. The molecule has 8 atom stereocenters. The third-order valence-corrected chi connectivity index (χ3v) is 17.5. The number of ether oxygens (including phenoxy) is 3. The minimum atomic E-state index is -5.43. The molecule has 18 nitrogen and oxygen atoms in total. The number of nitrogens with zero attached hydrogens (tertiary/aromatic N) is 2. The van der Waals surface area contributed by atoms with E-state index in [1.165, 1.54) is 186 Å². The second-order valence-corrected chi connectivity index (χ2v) is 25.7. The van der Waals surface area contributed by atoms with Crippen LogP contribution in [0.1, 0.15) is 278 Å². The molecule has 20 heteroatoms. The molecule has 6 N–H and O–H groups in total. The molecule has 1 fully saturated rings. The number of phosphoric ester groups is 2. The van der Waals surface area contributed by atoms with Crippen LogP contribution in [0.15, 0.2) is 17.1 Å². The van der Waals surface area contributed by atoms with Gasteiger partial charge >= 0.3 is 33.3 Å². The van der Waals surface area contributed by atoms with E-state index in [0.29, 0.717) is 12.8 Å². The van der Waals surface area contributed by atoms with Crippen LogP contribution >= 0.6 is 15.6 Å². The molecular formula is C58H109N3O15P2. The van der Waals surface area contributed by atoms with Gasteiger partial charge in [-0.3, -0.25) is 23.2 Å². The first-order valence-electron chi connectivity index (χ1n) is 30.8. The number of carbonyl (C=O) groups is 2.